The molecule has 1 fully saturated rings. The van der Waals surface area contributed by atoms with Crippen molar-refractivity contribution in [3.63, 3.8) is 0 Å². The Kier molecular flexibility index (Phi) is 4.63. The maximum Gasteiger partial charge on any atom is 0.238 e. The van der Waals surface area contributed by atoms with Crippen molar-refractivity contribution >= 4 is 6.08 Å². The number of hydrogen-bond donors (Lipinski definition) is 0. The van der Waals surface area contributed by atoms with Gasteiger partial charge in [-0.05, 0) is 33.0 Å². The monoisotopic (exact) mass is 323 g/mol. The largest absolute Gasteiger partial charge is 0.472 e. The van der Waals surface area contributed by atoms with Gasteiger partial charge in [0.1, 0.15) is 12.4 Å². The normalized spacial score (nSPS) is 21.2. The molecule has 1 aliphatic heterocycles. The zero-order chi connectivity index (χ0) is 17.1. The van der Waals surface area contributed by atoms with Crippen molar-refractivity contribution in [2.75, 3.05) is 13.6 Å². The van der Waals surface area contributed by atoms with E-state index in [0.29, 0.717) is 17.9 Å². The minimum Gasteiger partial charge on any atom is -0.472 e. The Morgan fingerprint density at radius 3 is 2.88 bits per heavy atom. The molecule has 0 aliphatic carbocycles. The van der Waals surface area contributed by atoms with Crippen LogP contribution in [-0.4, -0.2) is 50.2 Å². The number of imidazole rings is 1. The second kappa shape index (κ2) is 6.85. The summed E-state index contributed by atoms with van der Waals surface area (Å²) in [6.07, 6.45) is 15.1. The van der Waals surface area contributed by atoms with Crippen LogP contribution in [-0.2, 0) is 0 Å². The number of aromatic nitrogens is 4. The molecule has 0 saturated carbocycles. The van der Waals surface area contributed by atoms with E-state index in [2.05, 4.69) is 39.7 Å². The van der Waals surface area contributed by atoms with E-state index in [4.69, 9.17) is 11.2 Å². The number of likely N-dealkylation sites (tertiary alicyclic amines) is 1. The van der Waals surface area contributed by atoms with Crippen LogP contribution in [0.25, 0.3) is 12.0 Å². The van der Waals surface area contributed by atoms with E-state index in [1.165, 1.54) is 0 Å². The van der Waals surface area contributed by atoms with Gasteiger partial charge in [-0.1, -0.05) is 5.92 Å². The van der Waals surface area contributed by atoms with Crippen molar-refractivity contribution in [3.8, 4) is 24.2 Å². The van der Waals surface area contributed by atoms with E-state index in [1.807, 2.05) is 13.0 Å². The van der Waals surface area contributed by atoms with E-state index in [0.717, 1.165) is 24.2 Å². The third-order valence-electron chi connectivity index (χ3n) is 4.30. The molecule has 2 aromatic heterocycles. The Hall–Kier alpha value is -2.65. The number of nitrogens with zero attached hydrogens (tertiary/aromatic N) is 5. The molecule has 0 amide bonds. The first-order valence-corrected chi connectivity index (χ1v) is 7.95. The molecule has 0 spiro atoms. The summed E-state index contributed by atoms with van der Waals surface area (Å²) in [6, 6.07) is 0.496. The van der Waals surface area contributed by atoms with Gasteiger partial charge in [0, 0.05) is 31.4 Å². The highest BCUT2D eigenvalue weighted by atomic mass is 16.5. The van der Waals surface area contributed by atoms with Crippen LogP contribution in [0.5, 0.6) is 5.88 Å². The quantitative estimate of drug-likeness (QED) is 0.807. The predicted octanol–water partition coefficient (Wildman–Crippen LogP) is 2.09. The fourth-order valence-corrected chi connectivity index (χ4v) is 2.83. The summed E-state index contributed by atoms with van der Waals surface area (Å²) in [5.74, 6) is 3.60. The van der Waals surface area contributed by atoms with Crippen molar-refractivity contribution in [3.05, 3.63) is 36.1 Å². The maximum atomic E-state index is 6.22. The molecule has 0 N–H and O–H groups in total. The van der Waals surface area contributed by atoms with Crippen LogP contribution < -0.4 is 4.74 Å². The second-order valence-corrected chi connectivity index (χ2v) is 6.06. The van der Waals surface area contributed by atoms with Crippen LogP contribution in [0.3, 0.4) is 0 Å². The number of likely N-dealkylation sites (N-methyl/N-ethyl adjacent to an activating group) is 1. The van der Waals surface area contributed by atoms with Gasteiger partial charge in [-0.15, -0.1) is 6.42 Å². The van der Waals surface area contributed by atoms with E-state index < -0.39 is 0 Å². The highest BCUT2D eigenvalue weighted by molar-refractivity contribution is 5.60. The molecule has 6 nitrogen and oxygen atoms in total. The fourth-order valence-electron chi connectivity index (χ4n) is 2.83. The van der Waals surface area contributed by atoms with Gasteiger partial charge >= 0.3 is 0 Å². The topological polar surface area (TPSA) is 56.1 Å². The van der Waals surface area contributed by atoms with Gasteiger partial charge < -0.3 is 4.74 Å². The van der Waals surface area contributed by atoms with Crippen LogP contribution in [0.2, 0.25) is 0 Å². The molecular formula is C18H21N5O. The number of allylic oxidation sites excluding steroid dienone is 1. The third-order valence-corrected chi connectivity index (χ3v) is 4.30. The molecule has 3 heterocycles. The average Bonchev–Trinajstić information content (AvgIpc) is 3.17. The molecule has 124 valence electrons. The Bertz CT molecular complexity index is 765. The predicted molar refractivity (Wildman–Crippen MR) is 92.9 cm³/mol. The zero-order valence-electron chi connectivity index (χ0n) is 14.2. The molecule has 0 bridgehead atoms. The van der Waals surface area contributed by atoms with E-state index >= 15 is 0 Å². The first kappa shape index (κ1) is 16.2. The number of ether oxygens (including phenoxy) is 1. The molecular weight excluding hydrogens is 302 g/mol. The maximum absolute atomic E-state index is 6.22. The summed E-state index contributed by atoms with van der Waals surface area (Å²) >= 11 is 0. The third kappa shape index (κ3) is 3.31. The number of hydrogen-bond acceptors (Lipinski definition) is 5. The summed E-state index contributed by atoms with van der Waals surface area (Å²) in [5, 5.41) is 0. The summed E-state index contributed by atoms with van der Waals surface area (Å²) in [7, 11) is 2.11. The minimum absolute atomic E-state index is 0.105. The lowest BCUT2D eigenvalue weighted by Crippen LogP contribution is -2.24. The highest BCUT2D eigenvalue weighted by Gasteiger charge is 2.28. The van der Waals surface area contributed by atoms with Gasteiger partial charge in [-0.2, -0.15) is 4.98 Å². The zero-order valence-corrected chi connectivity index (χ0v) is 14.2. The van der Waals surface area contributed by atoms with Crippen molar-refractivity contribution in [1.29, 1.82) is 0 Å². The standard InChI is InChI=1S/C18H21N5O/c1-5-6-7-16-14(3)20-18(23-9-8-19-12-23)21-17(16)24-15-10-13(2)22(4)11-15/h1,6-9,12-13,15H,10-11H2,2-4H3/b7-6-. The van der Waals surface area contributed by atoms with Crippen molar-refractivity contribution in [2.45, 2.75) is 32.4 Å². The second-order valence-electron chi connectivity index (χ2n) is 6.06. The molecule has 2 unspecified atom stereocenters. The molecule has 1 saturated heterocycles. The number of aryl methyl sites for hydroxylation is 1. The molecule has 6 heteroatoms. The summed E-state index contributed by atoms with van der Waals surface area (Å²) in [5.41, 5.74) is 1.63. The van der Waals surface area contributed by atoms with Crippen LogP contribution in [0, 0.1) is 19.3 Å². The van der Waals surface area contributed by atoms with Gasteiger partial charge in [-0.25, -0.2) is 9.97 Å². The SMILES string of the molecule is C#C/C=C\c1c(C)nc(-n2ccnc2)nc1OC1CC(C)N(C)C1. The van der Waals surface area contributed by atoms with Crippen molar-refractivity contribution in [2.24, 2.45) is 0 Å². The minimum atomic E-state index is 0.105. The molecule has 2 aromatic rings. The van der Waals surface area contributed by atoms with Gasteiger partial charge in [0.15, 0.2) is 0 Å². The van der Waals surface area contributed by atoms with E-state index in [1.54, 1.807) is 29.4 Å². The molecule has 3 rings (SSSR count). The molecule has 24 heavy (non-hydrogen) atoms. The van der Waals surface area contributed by atoms with Crippen LogP contribution >= 0.6 is 0 Å². The smallest absolute Gasteiger partial charge is 0.238 e. The van der Waals surface area contributed by atoms with Gasteiger partial charge in [0.05, 0.1) is 11.3 Å². The highest BCUT2D eigenvalue weighted by Crippen LogP contribution is 2.26. The summed E-state index contributed by atoms with van der Waals surface area (Å²) in [4.78, 5) is 15.5. The number of rotatable bonds is 4. The molecule has 0 radical (unpaired) electrons. The van der Waals surface area contributed by atoms with E-state index in [-0.39, 0.29) is 6.10 Å². The van der Waals surface area contributed by atoms with E-state index in [9.17, 15) is 0 Å². The van der Waals surface area contributed by atoms with Crippen LogP contribution in [0.1, 0.15) is 24.6 Å². The van der Waals surface area contributed by atoms with Crippen LogP contribution in [0.4, 0.5) is 0 Å². The summed E-state index contributed by atoms with van der Waals surface area (Å²) < 4.78 is 7.98. The Labute approximate surface area is 142 Å². The molecule has 0 aromatic carbocycles. The van der Waals surface area contributed by atoms with Gasteiger partial charge in [0.2, 0.25) is 11.8 Å². The Morgan fingerprint density at radius 1 is 1.42 bits per heavy atom. The lowest BCUT2D eigenvalue weighted by Gasteiger charge is -2.16. The lowest BCUT2D eigenvalue weighted by atomic mass is 10.2. The fraction of sp³-hybridized carbons (Fsp3) is 0.389. The first-order valence-electron chi connectivity index (χ1n) is 7.95. The number of terminal acetylenes is 1. The van der Waals surface area contributed by atoms with Crippen LogP contribution in [0.15, 0.2) is 24.8 Å². The van der Waals surface area contributed by atoms with Gasteiger partial charge in [0.25, 0.3) is 0 Å². The van der Waals surface area contributed by atoms with Gasteiger partial charge in [-0.3, -0.25) is 9.47 Å². The summed E-state index contributed by atoms with van der Waals surface area (Å²) in [6.45, 7) is 5.00. The molecule has 2 atom stereocenters. The average molecular weight is 323 g/mol. The van der Waals surface area contributed by atoms with Crippen molar-refractivity contribution < 1.29 is 4.74 Å². The molecule has 1 aliphatic rings. The van der Waals surface area contributed by atoms with Crippen molar-refractivity contribution in [1.82, 2.24) is 24.4 Å². The lowest BCUT2D eigenvalue weighted by molar-refractivity contribution is 0.199. The Balaban J connectivity index is 1.97. The first-order chi connectivity index (χ1) is 11.6. The Morgan fingerprint density at radius 2 is 2.25 bits per heavy atom.